The van der Waals surface area contributed by atoms with Gasteiger partial charge in [-0.05, 0) is 6.92 Å². The van der Waals surface area contributed by atoms with Crippen LogP contribution in [0.1, 0.15) is 6.92 Å². The fraction of sp³-hybridized carbons (Fsp3) is 1.00. The van der Waals surface area contributed by atoms with Gasteiger partial charge in [0.15, 0.2) is 0 Å². The first-order chi connectivity index (χ1) is 2.89. The van der Waals surface area contributed by atoms with Crippen LogP contribution in [0.5, 0.6) is 0 Å². The average Bonchev–Trinajstić information content (AvgIpc) is 1.86. The molecule has 1 fully saturated rings. The van der Waals surface area contributed by atoms with Crippen molar-refractivity contribution >= 4 is 0 Å². The van der Waals surface area contributed by atoms with E-state index >= 15 is 0 Å². The van der Waals surface area contributed by atoms with Crippen molar-refractivity contribution in [3.63, 3.8) is 0 Å². The summed E-state index contributed by atoms with van der Waals surface area (Å²) in [6.07, 6.45) is 0.421. The van der Waals surface area contributed by atoms with Crippen LogP contribution < -0.4 is 10.6 Å². The third-order valence-corrected chi connectivity index (χ3v) is 0.955. The van der Waals surface area contributed by atoms with Gasteiger partial charge in [0.2, 0.25) is 0 Å². The smallest absolute Gasteiger partial charge is 0.0708 e. The quantitative estimate of drug-likeness (QED) is 0.423. The number of rotatable bonds is 0. The predicted molar refractivity (Wildman–Crippen MR) is 24.5 cm³/mol. The summed E-state index contributed by atoms with van der Waals surface area (Å²) in [5, 5.41) is 7.28. The Hall–Kier alpha value is -0.0800. The van der Waals surface area contributed by atoms with Crippen LogP contribution in [0.15, 0.2) is 0 Å². The van der Waals surface area contributed by atoms with Gasteiger partial charge in [0.05, 0.1) is 6.17 Å². The molecule has 0 saturated carbocycles. The van der Waals surface area contributed by atoms with Gasteiger partial charge in [0.1, 0.15) is 0 Å². The third-order valence-electron chi connectivity index (χ3n) is 0.955. The van der Waals surface area contributed by atoms with Crippen molar-refractivity contribution in [1.29, 1.82) is 0 Å². The maximum atomic E-state index is 4.12. The lowest BCUT2D eigenvalue weighted by molar-refractivity contribution is 0.596. The Morgan fingerprint density at radius 3 is 2.83 bits per heavy atom. The van der Waals surface area contributed by atoms with E-state index < -0.39 is 0 Å². The zero-order valence-electron chi connectivity index (χ0n) is 3.94. The molecule has 1 saturated heterocycles. The Balaban J connectivity index is 2.18. The Morgan fingerprint density at radius 1 is 1.83 bits per heavy atom. The minimum Gasteiger partial charge on any atom is -0.300 e. The molecular formula is C4H9N2. The van der Waals surface area contributed by atoms with Crippen molar-refractivity contribution < 1.29 is 0 Å². The Bertz CT molecular complexity index is 38.8. The van der Waals surface area contributed by atoms with Crippen LogP contribution in [-0.2, 0) is 0 Å². The molecule has 2 heteroatoms. The molecule has 0 spiro atoms. The molecule has 1 rings (SSSR count). The molecule has 1 heterocycles. The first kappa shape index (κ1) is 4.09. The average molecular weight is 85.1 g/mol. The third kappa shape index (κ3) is 0.698. The summed E-state index contributed by atoms with van der Waals surface area (Å²) in [7, 11) is 0. The highest BCUT2D eigenvalue weighted by atomic mass is 15.2. The van der Waals surface area contributed by atoms with Gasteiger partial charge in [-0.15, -0.1) is 0 Å². The largest absolute Gasteiger partial charge is 0.300 e. The fourth-order valence-electron chi connectivity index (χ4n) is 0.596. The minimum absolute atomic E-state index is 0.421. The summed E-state index contributed by atoms with van der Waals surface area (Å²) in [6, 6.07) is 0. The van der Waals surface area contributed by atoms with Crippen LogP contribution in [0.3, 0.4) is 0 Å². The van der Waals surface area contributed by atoms with Gasteiger partial charge in [0, 0.05) is 13.1 Å². The standard InChI is InChI=1S/C4H9N2/c1-4-5-2-3-6-4/h4-5H,2-3H2,1H3. The van der Waals surface area contributed by atoms with Gasteiger partial charge >= 0.3 is 0 Å². The molecule has 35 valence electrons. The van der Waals surface area contributed by atoms with Crippen LogP contribution >= 0.6 is 0 Å². The summed E-state index contributed by atoms with van der Waals surface area (Å²) >= 11 is 0. The van der Waals surface area contributed by atoms with Gasteiger partial charge in [-0.3, -0.25) is 5.32 Å². The SMILES string of the molecule is CC1[N]CCN1. The van der Waals surface area contributed by atoms with Crippen LogP contribution in [0.25, 0.3) is 0 Å². The normalized spacial score (nSPS) is 25.5. The van der Waals surface area contributed by atoms with Gasteiger partial charge in [0.25, 0.3) is 0 Å². The van der Waals surface area contributed by atoms with Crippen molar-refractivity contribution in [2.24, 2.45) is 0 Å². The Kier molecular flexibility index (Phi) is 1.08. The molecule has 1 aliphatic heterocycles. The van der Waals surface area contributed by atoms with E-state index in [0.717, 1.165) is 13.1 Å². The molecule has 0 aliphatic carbocycles. The van der Waals surface area contributed by atoms with Crippen LogP contribution in [-0.4, -0.2) is 19.3 Å². The zero-order chi connectivity index (χ0) is 4.41. The summed E-state index contributed by atoms with van der Waals surface area (Å²) in [4.78, 5) is 0. The molecule has 0 aromatic rings. The monoisotopic (exact) mass is 85.1 g/mol. The van der Waals surface area contributed by atoms with Gasteiger partial charge in [-0.2, -0.15) is 0 Å². The molecular weight excluding hydrogens is 76.1 g/mol. The molecule has 0 aromatic heterocycles. The highest BCUT2D eigenvalue weighted by Crippen LogP contribution is 1.81. The first-order valence-electron chi connectivity index (χ1n) is 2.29. The number of hydrogen-bond donors (Lipinski definition) is 1. The van der Waals surface area contributed by atoms with Crippen molar-refractivity contribution in [1.82, 2.24) is 10.6 Å². The summed E-state index contributed by atoms with van der Waals surface area (Å²) in [5.41, 5.74) is 0. The molecule has 1 N–H and O–H groups in total. The highest BCUT2D eigenvalue weighted by molar-refractivity contribution is 4.65. The van der Waals surface area contributed by atoms with Crippen molar-refractivity contribution in [3.8, 4) is 0 Å². The minimum atomic E-state index is 0.421. The number of nitrogens with zero attached hydrogens (tertiary/aromatic N) is 1. The van der Waals surface area contributed by atoms with E-state index in [0.29, 0.717) is 6.17 Å². The van der Waals surface area contributed by atoms with Crippen LogP contribution in [0.2, 0.25) is 0 Å². The first-order valence-corrected chi connectivity index (χ1v) is 2.29. The zero-order valence-corrected chi connectivity index (χ0v) is 3.94. The molecule has 1 atom stereocenters. The molecule has 2 nitrogen and oxygen atoms in total. The van der Waals surface area contributed by atoms with E-state index in [1.54, 1.807) is 0 Å². The van der Waals surface area contributed by atoms with Crippen molar-refractivity contribution in [2.75, 3.05) is 13.1 Å². The van der Waals surface area contributed by atoms with E-state index in [-0.39, 0.29) is 0 Å². The maximum absolute atomic E-state index is 4.12. The molecule has 0 aromatic carbocycles. The predicted octanol–water partition coefficient (Wildman–Crippen LogP) is -0.460. The lowest BCUT2D eigenvalue weighted by Crippen LogP contribution is -2.21. The van der Waals surface area contributed by atoms with Crippen molar-refractivity contribution in [2.45, 2.75) is 13.1 Å². The summed E-state index contributed by atoms with van der Waals surface area (Å²) in [6.45, 7) is 4.13. The van der Waals surface area contributed by atoms with Gasteiger partial charge in [-0.1, -0.05) is 0 Å². The van der Waals surface area contributed by atoms with Gasteiger partial charge < -0.3 is 0 Å². The molecule has 0 amide bonds. The fourth-order valence-corrected chi connectivity index (χ4v) is 0.596. The van der Waals surface area contributed by atoms with Crippen LogP contribution in [0, 0.1) is 0 Å². The number of hydrogen-bond acceptors (Lipinski definition) is 1. The van der Waals surface area contributed by atoms with Crippen molar-refractivity contribution in [3.05, 3.63) is 0 Å². The van der Waals surface area contributed by atoms with E-state index in [1.807, 2.05) is 0 Å². The van der Waals surface area contributed by atoms with Crippen LogP contribution in [0.4, 0.5) is 0 Å². The second kappa shape index (κ2) is 1.58. The van der Waals surface area contributed by atoms with E-state index in [2.05, 4.69) is 17.6 Å². The lowest BCUT2D eigenvalue weighted by Gasteiger charge is -1.94. The van der Waals surface area contributed by atoms with E-state index in [1.165, 1.54) is 0 Å². The highest BCUT2D eigenvalue weighted by Gasteiger charge is 2.05. The summed E-state index contributed by atoms with van der Waals surface area (Å²) in [5.74, 6) is 0. The van der Waals surface area contributed by atoms with E-state index in [9.17, 15) is 0 Å². The number of nitrogens with one attached hydrogen (secondary N) is 1. The van der Waals surface area contributed by atoms with E-state index in [4.69, 9.17) is 0 Å². The molecule has 6 heavy (non-hydrogen) atoms. The topological polar surface area (TPSA) is 26.1 Å². The Labute approximate surface area is 37.9 Å². The Morgan fingerprint density at radius 2 is 2.67 bits per heavy atom. The lowest BCUT2D eigenvalue weighted by atomic mass is 10.6. The molecule has 1 aliphatic rings. The summed E-state index contributed by atoms with van der Waals surface area (Å²) < 4.78 is 0. The molecule has 0 bridgehead atoms. The van der Waals surface area contributed by atoms with Gasteiger partial charge in [-0.25, -0.2) is 5.32 Å². The maximum Gasteiger partial charge on any atom is 0.0708 e. The second-order valence-corrected chi connectivity index (χ2v) is 1.54. The molecule has 1 radical (unpaired) electrons. The second-order valence-electron chi connectivity index (χ2n) is 1.54. The molecule has 1 unspecified atom stereocenters.